The molecular weight excluding hydrogens is 266 g/mol. The van der Waals surface area contributed by atoms with Gasteiger partial charge in [0.1, 0.15) is 11.6 Å². The molecule has 1 heterocycles. The van der Waals surface area contributed by atoms with Crippen molar-refractivity contribution in [3.63, 3.8) is 0 Å². The highest BCUT2D eigenvalue weighted by Crippen LogP contribution is 2.12. The lowest BCUT2D eigenvalue weighted by Gasteiger charge is -2.11. The number of carbonyl (C=O) groups excluding carboxylic acids is 1. The van der Waals surface area contributed by atoms with Crippen molar-refractivity contribution in [3.8, 4) is 0 Å². The number of hydrogen-bond acceptors (Lipinski definition) is 3. The second kappa shape index (κ2) is 6.76. The number of benzene rings is 1. The van der Waals surface area contributed by atoms with Crippen LogP contribution in [-0.2, 0) is 16.0 Å². The fourth-order valence-corrected chi connectivity index (χ4v) is 2.29. The third kappa shape index (κ3) is 3.52. The van der Waals surface area contributed by atoms with Crippen LogP contribution < -0.4 is 10.6 Å². The summed E-state index contributed by atoms with van der Waals surface area (Å²) in [6.07, 6.45) is 0.774. The van der Waals surface area contributed by atoms with Crippen LogP contribution in [0, 0.1) is 11.6 Å². The Labute approximate surface area is 116 Å². The van der Waals surface area contributed by atoms with Gasteiger partial charge in [0.15, 0.2) is 0 Å². The molecule has 1 aromatic rings. The van der Waals surface area contributed by atoms with Gasteiger partial charge in [-0.15, -0.1) is 0 Å². The van der Waals surface area contributed by atoms with Crippen LogP contribution in [0.25, 0.3) is 0 Å². The topological polar surface area (TPSA) is 50.4 Å². The number of ether oxygens (including phenoxy) is 1. The molecule has 2 atom stereocenters. The molecule has 0 saturated carbocycles. The standard InChI is InChI=1S/C14H18F2N2O2/c1-20-9-7-13(18-8-9)14(19)17-6-5-10-11(15)3-2-4-12(10)16/h2-4,9,13,18H,5-8H2,1H3,(H,17,19)/t9-,13-/m0/s1. The minimum Gasteiger partial charge on any atom is -0.380 e. The Hall–Kier alpha value is -1.53. The van der Waals surface area contributed by atoms with Crippen molar-refractivity contribution in [2.75, 3.05) is 20.2 Å². The molecule has 2 N–H and O–H groups in total. The zero-order valence-electron chi connectivity index (χ0n) is 11.3. The first kappa shape index (κ1) is 14.9. The van der Waals surface area contributed by atoms with Gasteiger partial charge in [-0.25, -0.2) is 8.78 Å². The molecule has 2 rings (SSSR count). The van der Waals surface area contributed by atoms with E-state index in [-0.39, 0.29) is 36.6 Å². The van der Waals surface area contributed by atoms with E-state index >= 15 is 0 Å². The molecule has 1 saturated heterocycles. The first-order valence-electron chi connectivity index (χ1n) is 6.58. The number of rotatable bonds is 5. The molecule has 1 fully saturated rings. The summed E-state index contributed by atoms with van der Waals surface area (Å²) in [6.45, 7) is 0.836. The maximum Gasteiger partial charge on any atom is 0.237 e. The first-order chi connectivity index (χ1) is 9.61. The lowest BCUT2D eigenvalue weighted by Crippen LogP contribution is -2.41. The van der Waals surface area contributed by atoms with E-state index in [1.165, 1.54) is 18.2 Å². The number of amides is 1. The van der Waals surface area contributed by atoms with Crippen molar-refractivity contribution >= 4 is 5.91 Å². The Kier molecular flexibility index (Phi) is 5.03. The predicted molar refractivity (Wildman–Crippen MR) is 70.3 cm³/mol. The summed E-state index contributed by atoms with van der Waals surface area (Å²) >= 11 is 0. The van der Waals surface area contributed by atoms with Crippen LogP contribution in [0.1, 0.15) is 12.0 Å². The molecule has 0 aliphatic carbocycles. The van der Waals surface area contributed by atoms with Gasteiger partial charge in [-0.05, 0) is 25.0 Å². The van der Waals surface area contributed by atoms with Crippen molar-refractivity contribution in [1.82, 2.24) is 10.6 Å². The number of halogens is 2. The van der Waals surface area contributed by atoms with Crippen molar-refractivity contribution in [3.05, 3.63) is 35.4 Å². The van der Waals surface area contributed by atoms with Crippen LogP contribution in [0.4, 0.5) is 8.78 Å². The van der Waals surface area contributed by atoms with Crippen LogP contribution in [0.3, 0.4) is 0 Å². The Bertz CT molecular complexity index is 462. The second-order valence-corrected chi connectivity index (χ2v) is 4.80. The SMILES string of the molecule is CO[C@@H]1CN[C@H](C(=O)NCCc2c(F)cccc2F)C1. The average Bonchev–Trinajstić information content (AvgIpc) is 2.91. The van der Waals surface area contributed by atoms with Gasteiger partial charge in [-0.1, -0.05) is 6.07 Å². The van der Waals surface area contributed by atoms with E-state index in [9.17, 15) is 13.6 Å². The molecular formula is C14H18F2N2O2. The molecule has 0 unspecified atom stereocenters. The molecule has 1 amide bonds. The molecule has 0 radical (unpaired) electrons. The highest BCUT2D eigenvalue weighted by Gasteiger charge is 2.28. The molecule has 20 heavy (non-hydrogen) atoms. The van der Waals surface area contributed by atoms with Crippen LogP contribution >= 0.6 is 0 Å². The first-order valence-corrected chi connectivity index (χ1v) is 6.58. The van der Waals surface area contributed by atoms with Crippen molar-refractivity contribution in [2.24, 2.45) is 0 Å². The molecule has 0 aromatic heterocycles. The molecule has 0 bridgehead atoms. The van der Waals surface area contributed by atoms with E-state index in [2.05, 4.69) is 10.6 Å². The Morgan fingerprint density at radius 3 is 2.75 bits per heavy atom. The summed E-state index contributed by atoms with van der Waals surface area (Å²) in [5, 5.41) is 5.73. The van der Waals surface area contributed by atoms with Crippen LogP contribution in [-0.4, -0.2) is 38.3 Å². The van der Waals surface area contributed by atoms with E-state index in [0.717, 1.165) is 0 Å². The maximum absolute atomic E-state index is 13.4. The van der Waals surface area contributed by atoms with Crippen LogP contribution in [0.2, 0.25) is 0 Å². The van der Waals surface area contributed by atoms with Gasteiger partial charge >= 0.3 is 0 Å². The lowest BCUT2D eigenvalue weighted by atomic mass is 10.1. The quantitative estimate of drug-likeness (QED) is 0.848. The molecule has 4 nitrogen and oxygen atoms in total. The lowest BCUT2D eigenvalue weighted by molar-refractivity contribution is -0.122. The number of hydrogen-bond donors (Lipinski definition) is 2. The molecule has 110 valence electrons. The van der Waals surface area contributed by atoms with Crippen molar-refractivity contribution in [2.45, 2.75) is 25.0 Å². The van der Waals surface area contributed by atoms with Gasteiger partial charge in [-0.3, -0.25) is 4.79 Å². The van der Waals surface area contributed by atoms with E-state index in [1.54, 1.807) is 7.11 Å². The van der Waals surface area contributed by atoms with E-state index < -0.39 is 11.6 Å². The third-order valence-corrected chi connectivity index (χ3v) is 3.48. The van der Waals surface area contributed by atoms with Crippen molar-refractivity contribution in [1.29, 1.82) is 0 Å². The second-order valence-electron chi connectivity index (χ2n) is 4.80. The minimum absolute atomic E-state index is 0.00180. The average molecular weight is 284 g/mol. The summed E-state index contributed by atoms with van der Waals surface area (Å²) in [5.41, 5.74) is 0.00180. The van der Waals surface area contributed by atoms with Gasteiger partial charge in [-0.2, -0.15) is 0 Å². The van der Waals surface area contributed by atoms with Gasteiger partial charge < -0.3 is 15.4 Å². The predicted octanol–water partition coefficient (Wildman–Crippen LogP) is 1.00. The van der Waals surface area contributed by atoms with E-state index in [0.29, 0.717) is 13.0 Å². The molecule has 1 aromatic carbocycles. The van der Waals surface area contributed by atoms with Gasteiger partial charge in [0.05, 0.1) is 12.1 Å². The largest absolute Gasteiger partial charge is 0.380 e. The summed E-state index contributed by atoms with van der Waals surface area (Å²) < 4.78 is 31.9. The van der Waals surface area contributed by atoms with E-state index in [4.69, 9.17) is 4.74 Å². The Balaban J connectivity index is 1.80. The zero-order chi connectivity index (χ0) is 14.5. The van der Waals surface area contributed by atoms with E-state index in [1.807, 2.05) is 0 Å². The highest BCUT2D eigenvalue weighted by molar-refractivity contribution is 5.82. The molecule has 6 heteroatoms. The van der Waals surface area contributed by atoms with Gasteiger partial charge in [0.2, 0.25) is 5.91 Å². The fourth-order valence-electron chi connectivity index (χ4n) is 2.29. The smallest absolute Gasteiger partial charge is 0.237 e. The Morgan fingerprint density at radius 1 is 1.45 bits per heavy atom. The number of carbonyl (C=O) groups is 1. The zero-order valence-corrected chi connectivity index (χ0v) is 11.3. The van der Waals surface area contributed by atoms with Gasteiger partial charge in [0, 0.05) is 25.8 Å². The monoisotopic (exact) mass is 284 g/mol. The number of nitrogens with one attached hydrogen (secondary N) is 2. The number of methoxy groups -OCH3 is 1. The summed E-state index contributed by atoms with van der Waals surface area (Å²) in [7, 11) is 1.60. The molecule has 1 aliphatic heterocycles. The maximum atomic E-state index is 13.4. The van der Waals surface area contributed by atoms with Gasteiger partial charge in [0.25, 0.3) is 0 Å². The summed E-state index contributed by atoms with van der Waals surface area (Å²) in [6, 6.07) is 3.44. The van der Waals surface area contributed by atoms with Crippen molar-refractivity contribution < 1.29 is 18.3 Å². The highest BCUT2D eigenvalue weighted by atomic mass is 19.1. The fraction of sp³-hybridized carbons (Fsp3) is 0.500. The molecule has 1 aliphatic rings. The minimum atomic E-state index is -0.585. The normalized spacial score (nSPS) is 21.9. The summed E-state index contributed by atoms with van der Waals surface area (Å²) in [5.74, 6) is -1.34. The van der Waals surface area contributed by atoms with Crippen LogP contribution in [0.5, 0.6) is 0 Å². The molecule has 0 spiro atoms. The summed E-state index contributed by atoms with van der Waals surface area (Å²) in [4.78, 5) is 11.9. The third-order valence-electron chi connectivity index (χ3n) is 3.48. The van der Waals surface area contributed by atoms with Crippen LogP contribution in [0.15, 0.2) is 18.2 Å². The Morgan fingerprint density at radius 2 is 2.15 bits per heavy atom.